The maximum atomic E-state index is 13.1. The van der Waals surface area contributed by atoms with E-state index < -0.39 is 61.2 Å². The van der Waals surface area contributed by atoms with Gasteiger partial charge in [-0.2, -0.15) is 0 Å². The number of phenolic OH excluding ortho intramolecular Hbond substituents is 2. The van der Waals surface area contributed by atoms with Crippen molar-refractivity contribution in [3.05, 3.63) is 58.1 Å². The Kier molecular flexibility index (Phi) is 5.27. The third-order valence-electron chi connectivity index (χ3n) is 5.85. The summed E-state index contributed by atoms with van der Waals surface area (Å²) in [6.45, 7) is -1.06. The summed E-state index contributed by atoms with van der Waals surface area (Å²) in [5.74, 6) is -2.34. The van der Waals surface area contributed by atoms with E-state index in [-0.39, 0.29) is 28.0 Å². The van der Waals surface area contributed by atoms with Crippen molar-refractivity contribution >= 4 is 5.78 Å². The topological polar surface area (TPSA) is 168 Å². The lowest BCUT2D eigenvalue weighted by Crippen LogP contribution is -2.60. The van der Waals surface area contributed by atoms with Gasteiger partial charge < -0.3 is 40.5 Å². The molecular weight excluding hydrogens is 396 g/mol. The third-order valence-corrected chi connectivity index (χ3v) is 5.85. The molecular formula is C21H22O9. The van der Waals surface area contributed by atoms with Gasteiger partial charge in [-0.15, -0.1) is 0 Å². The molecule has 1 aliphatic heterocycles. The van der Waals surface area contributed by atoms with Gasteiger partial charge in [-0.05, 0) is 28.8 Å². The van der Waals surface area contributed by atoms with Crippen LogP contribution in [0.15, 0.2) is 30.3 Å². The Hall–Kier alpha value is -2.53. The van der Waals surface area contributed by atoms with E-state index in [2.05, 4.69) is 0 Å². The lowest BCUT2D eigenvalue weighted by Gasteiger charge is -2.45. The van der Waals surface area contributed by atoms with Gasteiger partial charge in [-0.1, -0.05) is 18.2 Å². The van der Waals surface area contributed by atoms with Crippen LogP contribution in [0.1, 0.15) is 38.5 Å². The highest BCUT2D eigenvalue weighted by atomic mass is 16.5. The molecule has 1 fully saturated rings. The number of hydrogen-bond donors (Lipinski definition) is 7. The van der Waals surface area contributed by atoms with Gasteiger partial charge in [0.25, 0.3) is 0 Å². The maximum Gasteiger partial charge on any atom is 0.201 e. The minimum Gasteiger partial charge on any atom is -0.507 e. The summed E-state index contributed by atoms with van der Waals surface area (Å²) < 4.78 is 5.73. The summed E-state index contributed by atoms with van der Waals surface area (Å²) in [6, 6.07) is 7.06. The quantitative estimate of drug-likeness (QED) is 0.334. The lowest BCUT2D eigenvalue weighted by atomic mass is 9.71. The zero-order chi connectivity index (χ0) is 21.7. The number of aromatic hydroxyl groups is 2. The molecule has 2 aromatic carbocycles. The number of hydrogen-bond acceptors (Lipinski definition) is 9. The van der Waals surface area contributed by atoms with Gasteiger partial charge in [0, 0.05) is 5.92 Å². The van der Waals surface area contributed by atoms with Crippen LogP contribution in [0, 0.1) is 0 Å². The summed E-state index contributed by atoms with van der Waals surface area (Å²) in [7, 11) is 0. The Morgan fingerprint density at radius 1 is 0.867 bits per heavy atom. The zero-order valence-corrected chi connectivity index (χ0v) is 15.7. The zero-order valence-electron chi connectivity index (χ0n) is 15.7. The molecule has 0 amide bonds. The smallest absolute Gasteiger partial charge is 0.201 e. The number of aliphatic hydroxyl groups excluding tert-OH is 5. The number of fused-ring (bicyclic) bond motifs is 2. The minimum atomic E-state index is -1.64. The first-order valence-corrected chi connectivity index (χ1v) is 9.43. The number of phenols is 2. The molecule has 0 bridgehead atoms. The van der Waals surface area contributed by atoms with Crippen LogP contribution in [0.3, 0.4) is 0 Å². The van der Waals surface area contributed by atoms with Crippen LogP contribution in [0.2, 0.25) is 0 Å². The Morgan fingerprint density at radius 2 is 1.57 bits per heavy atom. The summed E-state index contributed by atoms with van der Waals surface area (Å²) >= 11 is 0. The number of ketones is 1. The number of carbonyl (C=O) groups excluding carboxylic acids is 1. The van der Waals surface area contributed by atoms with Gasteiger partial charge in [0.1, 0.15) is 35.9 Å². The second-order valence-electron chi connectivity index (χ2n) is 7.58. The van der Waals surface area contributed by atoms with E-state index in [1.807, 2.05) is 0 Å². The molecule has 2 aliphatic rings. The number of carbonyl (C=O) groups is 1. The standard InChI is InChI=1S/C21H22O9/c22-6-8-4-10-14(21-20(29)19(28)17(26)13(7-23)30-21)9-2-1-3-11(24)15(9)18(27)16(10)12(25)5-8/h1-5,13-14,17,19-26,28-29H,6-7H2/t13-,14-,17-,19+,20-,21+/m0/s1. The van der Waals surface area contributed by atoms with E-state index in [0.717, 1.165) is 0 Å². The Balaban J connectivity index is 1.96. The molecule has 9 heteroatoms. The van der Waals surface area contributed by atoms with Crippen LogP contribution in [0.5, 0.6) is 11.5 Å². The molecule has 4 rings (SSSR count). The fourth-order valence-corrected chi connectivity index (χ4v) is 4.41. The Morgan fingerprint density at radius 3 is 2.23 bits per heavy atom. The number of rotatable bonds is 3. The van der Waals surface area contributed by atoms with Gasteiger partial charge >= 0.3 is 0 Å². The van der Waals surface area contributed by atoms with Crippen LogP contribution >= 0.6 is 0 Å². The normalized spacial score (nSPS) is 30.6. The van der Waals surface area contributed by atoms with Crippen LogP contribution < -0.4 is 0 Å². The molecule has 7 N–H and O–H groups in total. The van der Waals surface area contributed by atoms with Crippen molar-refractivity contribution in [2.75, 3.05) is 6.61 Å². The molecule has 160 valence electrons. The first-order chi connectivity index (χ1) is 14.3. The lowest BCUT2D eigenvalue weighted by molar-refractivity contribution is -0.232. The van der Waals surface area contributed by atoms with Crippen molar-refractivity contribution in [3.63, 3.8) is 0 Å². The molecule has 1 heterocycles. The van der Waals surface area contributed by atoms with E-state index in [1.165, 1.54) is 24.3 Å². The van der Waals surface area contributed by atoms with E-state index in [1.54, 1.807) is 6.07 Å². The monoisotopic (exact) mass is 418 g/mol. The molecule has 2 aromatic rings. The molecule has 6 atom stereocenters. The van der Waals surface area contributed by atoms with Crippen molar-refractivity contribution in [3.8, 4) is 11.5 Å². The molecule has 1 aliphatic carbocycles. The molecule has 0 spiro atoms. The Bertz CT molecular complexity index is 987. The fourth-order valence-electron chi connectivity index (χ4n) is 4.41. The SMILES string of the molecule is O=C1c2c(O)cccc2[C@H]([C@H]2O[C@@H](CO)[C@H](O)[C@@H](O)[C@@H]2O)c2cc(CO)cc(O)c21. The van der Waals surface area contributed by atoms with Crippen LogP contribution in [0.4, 0.5) is 0 Å². The summed E-state index contributed by atoms with van der Waals surface area (Å²) in [6.07, 6.45) is -7.22. The largest absolute Gasteiger partial charge is 0.507 e. The van der Waals surface area contributed by atoms with E-state index in [4.69, 9.17) is 4.74 Å². The highest BCUT2D eigenvalue weighted by Gasteiger charge is 2.50. The number of aliphatic hydroxyl groups is 5. The van der Waals surface area contributed by atoms with Gasteiger partial charge in [-0.25, -0.2) is 0 Å². The molecule has 0 saturated carbocycles. The molecule has 0 aromatic heterocycles. The van der Waals surface area contributed by atoms with Gasteiger partial charge in [0.05, 0.1) is 30.4 Å². The second kappa shape index (κ2) is 7.62. The Labute approximate surface area is 171 Å². The van der Waals surface area contributed by atoms with E-state index in [0.29, 0.717) is 5.56 Å². The predicted molar refractivity (Wildman–Crippen MR) is 101 cm³/mol. The molecule has 30 heavy (non-hydrogen) atoms. The van der Waals surface area contributed by atoms with Gasteiger partial charge in [0.15, 0.2) is 0 Å². The molecule has 0 radical (unpaired) electrons. The van der Waals surface area contributed by atoms with Crippen molar-refractivity contribution in [2.45, 2.75) is 43.0 Å². The summed E-state index contributed by atoms with van der Waals surface area (Å²) in [4.78, 5) is 13.1. The minimum absolute atomic E-state index is 0.0843. The predicted octanol–water partition coefficient (Wildman–Crippen LogP) is -0.891. The van der Waals surface area contributed by atoms with E-state index in [9.17, 15) is 40.5 Å². The first kappa shape index (κ1) is 20.7. The summed E-state index contributed by atoms with van der Waals surface area (Å²) in [5, 5.41) is 71.0. The first-order valence-electron chi connectivity index (χ1n) is 9.43. The molecule has 1 saturated heterocycles. The van der Waals surface area contributed by atoms with Crippen molar-refractivity contribution in [2.24, 2.45) is 0 Å². The number of benzene rings is 2. The van der Waals surface area contributed by atoms with Crippen molar-refractivity contribution < 1.29 is 45.3 Å². The average molecular weight is 418 g/mol. The fraction of sp³-hybridized carbons (Fsp3) is 0.381. The second-order valence-corrected chi connectivity index (χ2v) is 7.58. The number of ether oxygens (including phenoxy) is 1. The van der Waals surface area contributed by atoms with Gasteiger partial charge in [-0.3, -0.25) is 4.79 Å². The van der Waals surface area contributed by atoms with Crippen molar-refractivity contribution in [1.82, 2.24) is 0 Å². The van der Waals surface area contributed by atoms with Crippen LogP contribution in [-0.4, -0.2) is 78.7 Å². The average Bonchev–Trinajstić information content (AvgIpc) is 2.73. The molecule has 0 unspecified atom stereocenters. The highest BCUT2D eigenvalue weighted by Crippen LogP contribution is 2.47. The summed E-state index contributed by atoms with van der Waals surface area (Å²) in [5.41, 5.74) is 0.609. The van der Waals surface area contributed by atoms with Crippen LogP contribution in [-0.2, 0) is 11.3 Å². The maximum absolute atomic E-state index is 13.1. The molecule has 9 nitrogen and oxygen atoms in total. The van der Waals surface area contributed by atoms with Crippen LogP contribution in [0.25, 0.3) is 0 Å². The highest BCUT2D eigenvalue weighted by molar-refractivity contribution is 6.16. The third kappa shape index (κ3) is 2.99. The van der Waals surface area contributed by atoms with E-state index >= 15 is 0 Å². The van der Waals surface area contributed by atoms with Gasteiger partial charge in [0.2, 0.25) is 5.78 Å². The van der Waals surface area contributed by atoms with Crippen molar-refractivity contribution in [1.29, 1.82) is 0 Å².